The average Bonchev–Trinajstić information content (AvgIpc) is 2.87. The largest absolute Gasteiger partial charge is 0.492 e. The second-order valence-corrected chi connectivity index (χ2v) is 9.01. The van der Waals surface area contributed by atoms with Crippen molar-refractivity contribution in [1.29, 1.82) is 0 Å². The Morgan fingerprint density at radius 1 is 0.971 bits per heavy atom. The Morgan fingerprint density at radius 3 is 2.29 bits per heavy atom. The molecule has 0 aliphatic carbocycles. The van der Waals surface area contributed by atoms with Crippen LogP contribution >= 0.6 is 11.6 Å². The van der Waals surface area contributed by atoms with Crippen LogP contribution in [0.15, 0.2) is 48.5 Å². The van der Waals surface area contributed by atoms with E-state index in [0.717, 1.165) is 56.9 Å². The highest BCUT2D eigenvalue weighted by Gasteiger charge is 2.21. The van der Waals surface area contributed by atoms with Gasteiger partial charge in [0.2, 0.25) is 0 Å². The third-order valence-corrected chi connectivity index (χ3v) is 6.19. The number of benzene rings is 2. The Kier molecular flexibility index (Phi) is 13.4. The zero-order valence-electron chi connectivity index (χ0n) is 21.3. The van der Waals surface area contributed by atoms with Gasteiger partial charge in [-0.25, -0.2) is 0 Å². The standard InChI is InChI=1S/C28H40ClN3O3/c1-4-17-30-18-7-8-27(33)26(31-28(34)23-11-13-24(29)14-12-23)21-22-9-15-25(16-10-22)35-20-19-32(5-2)6-3/h9-16,26,30H,4-8,17-21H2,1-3H3,(H,31,34). The number of carbonyl (C=O) groups is 2. The number of ether oxygens (including phenoxy) is 1. The van der Waals surface area contributed by atoms with Gasteiger partial charge in [-0.15, -0.1) is 0 Å². The number of nitrogens with one attached hydrogen (secondary N) is 2. The van der Waals surface area contributed by atoms with Crippen LogP contribution in [-0.2, 0) is 11.2 Å². The summed E-state index contributed by atoms with van der Waals surface area (Å²) < 4.78 is 5.87. The molecule has 0 saturated carbocycles. The second-order valence-electron chi connectivity index (χ2n) is 8.58. The van der Waals surface area contributed by atoms with Crippen LogP contribution in [0.3, 0.4) is 0 Å². The molecule has 0 radical (unpaired) electrons. The minimum absolute atomic E-state index is 0.0326. The number of nitrogens with zero attached hydrogens (tertiary/aromatic N) is 1. The molecule has 0 aliphatic rings. The lowest BCUT2D eigenvalue weighted by Gasteiger charge is -2.19. The lowest BCUT2D eigenvalue weighted by molar-refractivity contribution is -0.121. The number of rotatable bonds is 17. The number of halogens is 1. The molecule has 1 unspecified atom stereocenters. The van der Waals surface area contributed by atoms with Crippen LogP contribution in [0, 0.1) is 0 Å². The van der Waals surface area contributed by atoms with Crippen molar-refractivity contribution in [3.63, 3.8) is 0 Å². The number of carbonyl (C=O) groups excluding carboxylic acids is 2. The van der Waals surface area contributed by atoms with E-state index in [1.807, 2.05) is 24.3 Å². The molecule has 0 bridgehead atoms. The van der Waals surface area contributed by atoms with Gasteiger partial charge in [-0.2, -0.15) is 0 Å². The van der Waals surface area contributed by atoms with Crippen molar-refractivity contribution in [2.75, 3.05) is 39.3 Å². The van der Waals surface area contributed by atoms with Gasteiger partial charge in [-0.1, -0.05) is 44.5 Å². The number of Topliss-reactive ketones (excluding diaryl/α,β-unsaturated/α-hetero) is 1. The first-order chi connectivity index (χ1) is 17.0. The molecule has 7 heteroatoms. The van der Waals surface area contributed by atoms with Crippen LogP contribution in [0.5, 0.6) is 5.75 Å². The smallest absolute Gasteiger partial charge is 0.251 e. The van der Waals surface area contributed by atoms with Gasteiger partial charge in [-0.05, 0) is 87.4 Å². The molecule has 2 rings (SSSR count). The topological polar surface area (TPSA) is 70.7 Å². The summed E-state index contributed by atoms with van der Waals surface area (Å²) >= 11 is 5.94. The predicted molar refractivity (Wildman–Crippen MR) is 144 cm³/mol. The fraction of sp³-hybridized carbons (Fsp3) is 0.500. The molecule has 1 amide bonds. The third-order valence-electron chi connectivity index (χ3n) is 5.94. The summed E-state index contributed by atoms with van der Waals surface area (Å²) in [4.78, 5) is 28.2. The molecule has 35 heavy (non-hydrogen) atoms. The summed E-state index contributed by atoms with van der Waals surface area (Å²) in [5, 5.41) is 6.82. The first-order valence-corrected chi connectivity index (χ1v) is 13.1. The molecule has 2 N–H and O–H groups in total. The van der Waals surface area contributed by atoms with Crippen LogP contribution in [0.1, 0.15) is 56.0 Å². The maximum atomic E-state index is 13.0. The fourth-order valence-corrected chi connectivity index (χ4v) is 3.87. The lowest BCUT2D eigenvalue weighted by Crippen LogP contribution is -2.42. The number of likely N-dealkylation sites (N-methyl/N-ethyl adjacent to an activating group) is 1. The summed E-state index contributed by atoms with van der Waals surface area (Å²) in [6.07, 6.45) is 2.64. The number of hydrogen-bond acceptors (Lipinski definition) is 5. The maximum Gasteiger partial charge on any atom is 0.251 e. The van der Waals surface area contributed by atoms with E-state index in [9.17, 15) is 9.59 Å². The summed E-state index contributed by atoms with van der Waals surface area (Å²) in [7, 11) is 0. The molecule has 0 spiro atoms. The molecule has 6 nitrogen and oxygen atoms in total. The van der Waals surface area contributed by atoms with Crippen LogP contribution in [-0.4, -0.2) is 62.0 Å². The van der Waals surface area contributed by atoms with E-state index in [0.29, 0.717) is 30.0 Å². The number of hydrogen-bond donors (Lipinski definition) is 2. The number of ketones is 1. The molecule has 0 aromatic heterocycles. The Bertz CT molecular complexity index is 883. The van der Waals surface area contributed by atoms with Gasteiger partial charge >= 0.3 is 0 Å². The fourth-order valence-electron chi connectivity index (χ4n) is 3.74. The summed E-state index contributed by atoms with van der Waals surface area (Å²) in [5.41, 5.74) is 1.45. The average molecular weight is 502 g/mol. The van der Waals surface area contributed by atoms with E-state index >= 15 is 0 Å². The molecule has 0 aliphatic heterocycles. The highest BCUT2D eigenvalue weighted by molar-refractivity contribution is 6.30. The Labute approximate surface area is 215 Å². The van der Waals surface area contributed by atoms with Gasteiger partial charge in [0.25, 0.3) is 5.91 Å². The Morgan fingerprint density at radius 2 is 1.66 bits per heavy atom. The second kappa shape index (κ2) is 16.3. The minimum atomic E-state index is -0.598. The first kappa shape index (κ1) is 28.8. The molecule has 0 fully saturated rings. The number of amides is 1. The van der Waals surface area contributed by atoms with Gasteiger partial charge in [0.1, 0.15) is 12.4 Å². The monoisotopic (exact) mass is 501 g/mol. The van der Waals surface area contributed by atoms with E-state index in [1.165, 1.54) is 0 Å². The molecular weight excluding hydrogens is 462 g/mol. The van der Waals surface area contributed by atoms with Gasteiger partial charge < -0.3 is 20.3 Å². The van der Waals surface area contributed by atoms with E-state index < -0.39 is 6.04 Å². The Balaban J connectivity index is 2.00. The maximum absolute atomic E-state index is 13.0. The van der Waals surface area contributed by atoms with Crippen molar-refractivity contribution in [1.82, 2.24) is 15.5 Å². The Hall–Kier alpha value is -2.41. The quantitative estimate of drug-likeness (QED) is 0.306. The zero-order valence-corrected chi connectivity index (χ0v) is 22.1. The van der Waals surface area contributed by atoms with E-state index in [4.69, 9.17) is 16.3 Å². The molecule has 1 atom stereocenters. The van der Waals surface area contributed by atoms with Crippen molar-refractivity contribution in [2.45, 2.75) is 52.5 Å². The normalized spacial score (nSPS) is 11.9. The van der Waals surface area contributed by atoms with Crippen molar-refractivity contribution >= 4 is 23.3 Å². The van der Waals surface area contributed by atoms with Crippen LogP contribution in [0.4, 0.5) is 0 Å². The molecule has 192 valence electrons. The van der Waals surface area contributed by atoms with Crippen molar-refractivity contribution in [3.8, 4) is 5.75 Å². The van der Waals surface area contributed by atoms with Gasteiger partial charge in [0.15, 0.2) is 5.78 Å². The first-order valence-electron chi connectivity index (χ1n) is 12.7. The van der Waals surface area contributed by atoms with Crippen molar-refractivity contribution < 1.29 is 14.3 Å². The molecule has 0 saturated heterocycles. The minimum Gasteiger partial charge on any atom is -0.492 e. The van der Waals surface area contributed by atoms with E-state index in [1.54, 1.807) is 24.3 Å². The summed E-state index contributed by atoms with van der Waals surface area (Å²) in [5.74, 6) is 0.557. The zero-order chi connectivity index (χ0) is 25.5. The van der Waals surface area contributed by atoms with Crippen LogP contribution < -0.4 is 15.4 Å². The highest BCUT2D eigenvalue weighted by atomic mass is 35.5. The lowest BCUT2D eigenvalue weighted by atomic mass is 9.99. The molecule has 2 aromatic carbocycles. The van der Waals surface area contributed by atoms with Crippen molar-refractivity contribution in [3.05, 3.63) is 64.7 Å². The SMILES string of the molecule is CCCNCCCC(=O)C(Cc1ccc(OCCN(CC)CC)cc1)NC(=O)c1ccc(Cl)cc1. The molecule has 2 aromatic rings. The third kappa shape index (κ3) is 10.8. The van der Waals surface area contributed by atoms with Gasteiger partial charge in [0.05, 0.1) is 6.04 Å². The van der Waals surface area contributed by atoms with Crippen LogP contribution in [0.25, 0.3) is 0 Å². The highest BCUT2D eigenvalue weighted by Crippen LogP contribution is 2.15. The van der Waals surface area contributed by atoms with Crippen molar-refractivity contribution in [2.24, 2.45) is 0 Å². The predicted octanol–water partition coefficient (Wildman–Crippen LogP) is 4.75. The summed E-state index contributed by atoms with van der Waals surface area (Å²) in [6, 6.07) is 13.9. The van der Waals surface area contributed by atoms with E-state index in [2.05, 4.69) is 36.3 Å². The summed E-state index contributed by atoms with van der Waals surface area (Å²) in [6.45, 7) is 11.6. The van der Waals surface area contributed by atoms with Crippen LogP contribution in [0.2, 0.25) is 5.02 Å². The molecule has 0 heterocycles. The van der Waals surface area contributed by atoms with Gasteiger partial charge in [-0.3, -0.25) is 9.59 Å². The van der Waals surface area contributed by atoms with Gasteiger partial charge in [0, 0.05) is 23.6 Å². The molecular formula is C28H40ClN3O3. The van der Waals surface area contributed by atoms with E-state index in [-0.39, 0.29) is 11.7 Å².